The van der Waals surface area contributed by atoms with Crippen LogP contribution in [0.4, 0.5) is 0 Å². The summed E-state index contributed by atoms with van der Waals surface area (Å²) in [5, 5.41) is 15.7. The number of rotatable bonds is 1. The van der Waals surface area contributed by atoms with E-state index in [-0.39, 0.29) is 5.91 Å². The highest BCUT2D eigenvalue weighted by atomic mass is 16.8. The van der Waals surface area contributed by atoms with Crippen molar-refractivity contribution >= 4 is 5.91 Å². The summed E-state index contributed by atoms with van der Waals surface area (Å²) in [5.74, 6) is -0.136. The van der Waals surface area contributed by atoms with E-state index in [1.165, 1.54) is 0 Å². The molecule has 6 heteroatoms. The molecular formula is C15H17N3O3. The predicted molar refractivity (Wildman–Crippen MR) is 74.1 cm³/mol. The van der Waals surface area contributed by atoms with Crippen LogP contribution in [0.25, 0.3) is 0 Å². The summed E-state index contributed by atoms with van der Waals surface area (Å²) in [6, 6.07) is 9.02. The van der Waals surface area contributed by atoms with E-state index in [0.29, 0.717) is 21.9 Å². The highest BCUT2D eigenvalue weighted by Crippen LogP contribution is 2.47. The van der Waals surface area contributed by atoms with E-state index in [1.54, 1.807) is 17.0 Å². The first-order valence-corrected chi connectivity index (χ1v) is 6.78. The summed E-state index contributed by atoms with van der Waals surface area (Å²) >= 11 is 0. The lowest BCUT2D eigenvalue weighted by Crippen LogP contribution is -2.51. The third-order valence-electron chi connectivity index (χ3n) is 4.11. The fraction of sp³-hybridized carbons (Fsp3) is 0.400. The number of amides is 1. The van der Waals surface area contributed by atoms with Crippen LogP contribution in [0.3, 0.4) is 0 Å². The average molecular weight is 287 g/mol. The van der Waals surface area contributed by atoms with Crippen molar-refractivity contribution in [3.63, 3.8) is 0 Å². The summed E-state index contributed by atoms with van der Waals surface area (Å²) in [6.45, 7) is 7.38. The molecule has 0 saturated carbocycles. The van der Waals surface area contributed by atoms with Gasteiger partial charge in [-0.1, -0.05) is 18.2 Å². The number of aromatic nitrogens is 2. The zero-order chi connectivity index (χ0) is 15.4. The third kappa shape index (κ3) is 1.68. The molecule has 0 bridgehead atoms. The van der Waals surface area contributed by atoms with E-state index in [2.05, 4.69) is 5.16 Å². The maximum Gasteiger partial charge on any atom is 0.255 e. The largest absolute Gasteiger partial charge is 0.359 e. The lowest BCUT2D eigenvalue weighted by molar-refractivity contribution is -0.810. The maximum absolute atomic E-state index is 12.9. The standard InChI is InChI=1S/C15H17N3O3/c1-14(2)11-12(18(20)21-16-11)15(3,4)17(14)13(19)10-8-6-5-7-9-10/h5-9H,1-4H3. The molecule has 0 aliphatic carbocycles. The van der Waals surface area contributed by atoms with Crippen molar-refractivity contribution in [1.29, 1.82) is 0 Å². The van der Waals surface area contributed by atoms with E-state index >= 15 is 0 Å². The van der Waals surface area contributed by atoms with Gasteiger partial charge < -0.3 is 10.1 Å². The minimum absolute atomic E-state index is 0.136. The Labute approximate surface area is 122 Å². The molecule has 21 heavy (non-hydrogen) atoms. The van der Waals surface area contributed by atoms with E-state index in [0.717, 1.165) is 0 Å². The second-order valence-electron chi connectivity index (χ2n) is 6.25. The van der Waals surface area contributed by atoms with Crippen LogP contribution < -0.4 is 4.90 Å². The Hall–Kier alpha value is -2.37. The molecule has 0 spiro atoms. The number of nitrogens with zero attached hydrogens (tertiary/aromatic N) is 3. The molecule has 3 rings (SSSR count). The van der Waals surface area contributed by atoms with Gasteiger partial charge in [-0.3, -0.25) is 9.42 Å². The normalized spacial score (nSPS) is 18.6. The Morgan fingerprint density at radius 1 is 1.19 bits per heavy atom. The van der Waals surface area contributed by atoms with Crippen LogP contribution >= 0.6 is 0 Å². The number of carbonyl (C=O) groups excluding carboxylic acids is 1. The number of fused-ring (bicyclic) bond motifs is 1. The van der Waals surface area contributed by atoms with Crippen molar-refractivity contribution in [3.05, 3.63) is 52.5 Å². The molecule has 2 heterocycles. The average Bonchev–Trinajstić information content (AvgIpc) is 2.88. The zero-order valence-corrected chi connectivity index (χ0v) is 12.5. The zero-order valence-electron chi connectivity index (χ0n) is 12.5. The van der Waals surface area contributed by atoms with Gasteiger partial charge >= 0.3 is 0 Å². The summed E-state index contributed by atoms with van der Waals surface area (Å²) < 4.78 is 4.72. The van der Waals surface area contributed by atoms with Crippen molar-refractivity contribution in [2.45, 2.75) is 38.8 Å². The summed E-state index contributed by atoms with van der Waals surface area (Å²) in [6.07, 6.45) is 0. The van der Waals surface area contributed by atoms with Crippen molar-refractivity contribution in [2.75, 3.05) is 0 Å². The van der Waals surface area contributed by atoms with Crippen LogP contribution in [-0.4, -0.2) is 16.0 Å². The van der Waals surface area contributed by atoms with Crippen LogP contribution in [0.1, 0.15) is 49.4 Å². The van der Waals surface area contributed by atoms with Gasteiger partial charge in [0.25, 0.3) is 5.91 Å². The highest BCUT2D eigenvalue weighted by Gasteiger charge is 2.60. The quantitative estimate of drug-likeness (QED) is 0.751. The van der Waals surface area contributed by atoms with Crippen LogP contribution in [0, 0.1) is 5.21 Å². The Kier molecular flexibility index (Phi) is 2.63. The van der Waals surface area contributed by atoms with Gasteiger partial charge in [0.05, 0.1) is 0 Å². The summed E-state index contributed by atoms with van der Waals surface area (Å²) in [7, 11) is 0. The molecule has 1 aliphatic rings. The number of carbonyl (C=O) groups is 1. The molecule has 0 unspecified atom stereocenters. The first-order chi connectivity index (χ1) is 9.78. The topological polar surface area (TPSA) is 73.3 Å². The van der Waals surface area contributed by atoms with Gasteiger partial charge in [0, 0.05) is 10.7 Å². The van der Waals surface area contributed by atoms with Crippen LogP contribution in [0.15, 0.2) is 35.0 Å². The second-order valence-corrected chi connectivity index (χ2v) is 6.25. The smallest absolute Gasteiger partial charge is 0.255 e. The molecule has 110 valence electrons. The van der Waals surface area contributed by atoms with Gasteiger partial charge in [0.15, 0.2) is 0 Å². The summed E-state index contributed by atoms with van der Waals surface area (Å²) in [4.78, 5) is 15.0. The highest BCUT2D eigenvalue weighted by molar-refractivity contribution is 5.95. The SMILES string of the molecule is CC1(C)c2no[n+]([O-])c2C(C)(C)N1C(=O)c1ccccc1. The van der Waals surface area contributed by atoms with E-state index in [4.69, 9.17) is 4.63 Å². The van der Waals surface area contributed by atoms with Gasteiger partial charge in [-0.25, -0.2) is 0 Å². The lowest BCUT2D eigenvalue weighted by Gasteiger charge is -2.38. The second kappa shape index (κ2) is 4.07. The first-order valence-electron chi connectivity index (χ1n) is 6.78. The molecule has 0 radical (unpaired) electrons. The Morgan fingerprint density at radius 3 is 2.38 bits per heavy atom. The van der Waals surface area contributed by atoms with E-state index in [1.807, 2.05) is 45.9 Å². The predicted octanol–water partition coefficient (Wildman–Crippen LogP) is 1.93. The van der Waals surface area contributed by atoms with Crippen molar-refractivity contribution < 1.29 is 14.3 Å². The van der Waals surface area contributed by atoms with Gasteiger partial charge in [0.2, 0.25) is 11.4 Å². The van der Waals surface area contributed by atoms with Crippen LogP contribution in [0.2, 0.25) is 0 Å². The molecule has 1 aromatic heterocycles. The Balaban J connectivity index is 2.14. The molecule has 2 aromatic rings. The first kappa shape index (κ1) is 13.6. The van der Waals surface area contributed by atoms with Gasteiger partial charge in [0.1, 0.15) is 11.1 Å². The van der Waals surface area contributed by atoms with Crippen molar-refractivity contribution in [3.8, 4) is 0 Å². The lowest BCUT2D eigenvalue weighted by atomic mass is 9.99. The van der Waals surface area contributed by atoms with Gasteiger partial charge in [-0.2, -0.15) is 0 Å². The van der Waals surface area contributed by atoms with Crippen LogP contribution in [-0.2, 0) is 11.1 Å². The van der Waals surface area contributed by atoms with Crippen molar-refractivity contribution in [1.82, 2.24) is 10.1 Å². The summed E-state index contributed by atoms with van der Waals surface area (Å²) in [5.41, 5.74) is -0.0416. The molecule has 6 nitrogen and oxygen atoms in total. The molecule has 0 atom stereocenters. The number of hydrogen-bond acceptors (Lipinski definition) is 4. The molecule has 0 N–H and O–H groups in total. The van der Waals surface area contributed by atoms with Gasteiger partial charge in [-0.15, -0.1) is 0 Å². The van der Waals surface area contributed by atoms with Gasteiger partial charge in [-0.05, 0) is 44.7 Å². The number of hydrogen-bond donors (Lipinski definition) is 0. The maximum atomic E-state index is 12.9. The van der Waals surface area contributed by atoms with Crippen molar-refractivity contribution in [2.24, 2.45) is 0 Å². The monoisotopic (exact) mass is 287 g/mol. The number of benzene rings is 1. The van der Waals surface area contributed by atoms with Crippen LogP contribution in [0.5, 0.6) is 0 Å². The van der Waals surface area contributed by atoms with E-state index in [9.17, 15) is 10.0 Å². The molecule has 1 aromatic carbocycles. The Morgan fingerprint density at radius 2 is 1.81 bits per heavy atom. The third-order valence-corrected chi connectivity index (χ3v) is 4.11. The minimum Gasteiger partial charge on any atom is -0.359 e. The fourth-order valence-corrected chi connectivity index (χ4v) is 3.29. The molecular weight excluding hydrogens is 270 g/mol. The molecule has 1 amide bonds. The molecule has 1 aliphatic heterocycles. The minimum atomic E-state index is -0.798. The Bertz CT molecular complexity index is 704. The molecule has 0 fully saturated rings. The fourth-order valence-electron chi connectivity index (χ4n) is 3.29. The van der Waals surface area contributed by atoms with E-state index < -0.39 is 11.1 Å². The molecule has 0 saturated heterocycles.